The van der Waals surface area contributed by atoms with E-state index in [1.807, 2.05) is 13.8 Å². The van der Waals surface area contributed by atoms with Crippen molar-refractivity contribution < 1.29 is 9.90 Å². The molecule has 3 nitrogen and oxygen atoms in total. The highest BCUT2D eigenvalue weighted by atomic mass is 35.5. The molecule has 1 amide bonds. The fraction of sp³-hybridized carbons (Fsp3) is 0.889. The lowest BCUT2D eigenvalue weighted by Crippen LogP contribution is -2.41. The van der Waals surface area contributed by atoms with Crippen LogP contribution in [0.4, 0.5) is 0 Å². The van der Waals surface area contributed by atoms with Gasteiger partial charge in [-0.2, -0.15) is 0 Å². The van der Waals surface area contributed by atoms with E-state index >= 15 is 0 Å². The van der Waals surface area contributed by atoms with Gasteiger partial charge >= 0.3 is 0 Å². The number of hydrogen-bond donors (Lipinski definition) is 2. The van der Waals surface area contributed by atoms with E-state index in [0.717, 1.165) is 0 Å². The summed E-state index contributed by atoms with van der Waals surface area (Å²) in [6.45, 7) is 5.62. The molecule has 0 aliphatic rings. The van der Waals surface area contributed by atoms with Gasteiger partial charge in [-0.05, 0) is 12.8 Å². The van der Waals surface area contributed by atoms with Gasteiger partial charge < -0.3 is 10.4 Å². The number of carbonyl (C=O) groups is 1. The van der Waals surface area contributed by atoms with Gasteiger partial charge in [0.1, 0.15) is 0 Å². The number of nitrogens with one attached hydrogen (secondary N) is 1. The summed E-state index contributed by atoms with van der Waals surface area (Å²) < 4.78 is 0. The van der Waals surface area contributed by atoms with E-state index < -0.39 is 0 Å². The fourth-order valence-electron chi connectivity index (χ4n) is 0.737. The van der Waals surface area contributed by atoms with Crippen molar-refractivity contribution >= 4 is 17.5 Å². The first-order valence-electron chi connectivity index (χ1n) is 4.50. The average molecular weight is 208 g/mol. The maximum atomic E-state index is 11.3. The van der Waals surface area contributed by atoms with Gasteiger partial charge in [0.15, 0.2) is 0 Å². The molecule has 0 aliphatic heterocycles. The predicted molar refractivity (Wildman–Crippen MR) is 53.7 cm³/mol. The van der Waals surface area contributed by atoms with Gasteiger partial charge in [0.25, 0.3) is 0 Å². The second-order valence-corrected chi connectivity index (χ2v) is 3.82. The van der Waals surface area contributed by atoms with Crippen LogP contribution >= 0.6 is 11.6 Å². The van der Waals surface area contributed by atoms with E-state index in [2.05, 4.69) is 5.32 Å². The van der Waals surface area contributed by atoms with Crippen LogP contribution in [0.1, 0.15) is 20.8 Å². The van der Waals surface area contributed by atoms with Crippen LogP contribution in [0.5, 0.6) is 0 Å². The van der Waals surface area contributed by atoms with Crippen LogP contribution in [0.25, 0.3) is 0 Å². The minimum atomic E-state index is -0.171. The van der Waals surface area contributed by atoms with Crippen LogP contribution in [-0.4, -0.2) is 29.5 Å². The third kappa shape index (κ3) is 4.48. The topological polar surface area (TPSA) is 49.3 Å². The predicted octanol–water partition coefficient (Wildman–Crippen LogP) is 0.994. The Morgan fingerprint density at radius 2 is 2.00 bits per heavy atom. The van der Waals surface area contributed by atoms with E-state index in [-0.39, 0.29) is 30.4 Å². The molecule has 0 rings (SSSR count). The lowest BCUT2D eigenvalue weighted by Gasteiger charge is -2.20. The largest absolute Gasteiger partial charge is 0.396 e. The average Bonchev–Trinajstić information content (AvgIpc) is 2.14. The van der Waals surface area contributed by atoms with Crippen molar-refractivity contribution in [1.29, 1.82) is 0 Å². The molecule has 4 heteroatoms. The molecule has 3 unspecified atom stereocenters. The number of alkyl halides is 1. The molecule has 0 saturated heterocycles. The number of amides is 1. The fourth-order valence-corrected chi connectivity index (χ4v) is 0.877. The summed E-state index contributed by atoms with van der Waals surface area (Å²) in [5.41, 5.74) is 0. The Kier molecular flexibility index (Phi) is 6.08. The normalized spacial score (nSPS) is 17.6. The van der Waals surface area contributed by atoms with E-state index in [0.29, 0.717) is 5.88 Å². The van der Waals surface area contributed by atoms with Gasteiger partial charge in [-0.3, -0.25) is 4.79 Å². The molecule has 2 N–H and O–H groups in total. The van der Waals surface area contributed by atoms with Crippen LogP contribution in [0, 0.1) is 11.8 Å². The third-order valence-corrected chi connectivity index (χ3v) is 2.65. The maximum absolute atomic E-state index is 11.3. The molecule has 0 aromatic heterocycles. The van der Waals surface area contributed by atoms with E-state index in [4.69, 9.17) is 16.7 Å². The Morgan fingerprint density at radius 1 is 1.46 bits per heavy atom. The molecule has 0 fully saturated rings. The summed E-state index contributed by atoms with van der Waals surface area (Å²) in [7, 11) is 0. The highest BCUT2D eigenvalue weighted by Crippen LogP contribution is 2.03. The first kappa shape index (κ1) is 12.7. The van der Waals surface area contributed by atoms with Crippen molar-refractivity contribution in [1.82, 2.24) is 5.32 Å². The van der Waals surface area contributed by atoms with Crippen molar-refractivity contribution in [3.8, 4) is 0 Å². The van der Waals surface area contributed by atoms with Crippen molar-refractivity contribution in [3.05, 3.63) is 0 Å². The Hall–Kier alpha value is -0.280. The Balaban J connectivity index is 3.91. The number of aliphatic hydroxyl groups is 1. The molecular formula is C9H18ClNO2. The monoisotopic (exact) mass is 207 g/mol. The molecule has 3 atom stereocenters. The van der Waals surface area contributed by atoms with Gasteiger partial charge in [0, 0.05) is 24.4 Å². The van der Waals surface area contributed by atoms with Crippen molar-refractivity contribution in [2.45, 2.75) is 26.8 Å². The smallest absolute Gasteiger partial charge is 0.224 e. The number of aliphatic hydroxyl groups excluding tert-OH is 1. The van der Waals surface area contributed by atoms with Crippen molar-refractivity contribution in [2.24, 2.45) is 11.8 Å². The number of halogens is 1. The van der Waals surface area contributed by atoms with Crippen LogP contribution in [-0.2, 0) is 4.79 Å². The summed E-state index contributed by atoms with van der Waals surface area (Å²) in [6.07, 6.45) is 0. The number of hydrogen-bond acceptors (Lipinski definition) is 2. The first-order chi connectivity index (χ1) is 6.02. The molecule has 0 aromatic rings. The lowest BCUT2D eigenvalue weighted by atomic mass is 10.0. The summed E-state index contributed by atoms with van der Waals surface area (Å²) in [5.74, 6) is 0.177. The summed E-state index contributed by atoms with van der Waals surface area (Å²) in [5, 5.41) is 11.6. The molecule has 0 aromatic carbocycles. The van der Waals surface area contributed by atoms with Gasteiger partial charge in [0.2, 0.25) is 5.91 Å². The van der Waals surface area contributed by atoms with E-state index in [1.54, 1.807) is 6.92 Å². The van der Waals surface area contributed by atoms with E-state index in [1.165, 1.54) is 0 Å². The molecule has 0 bridgehead atoms. The summed E-state index contributed by atoms with van der Waals surface area (Å²) in [6, 6.07) is -0.0110. The SMILES string of the molecule is CC(CCl)C(=O)NC(C)C(C)CO. The van der Waals surface area contributed by atoms with Crippen LogP contribution < -0.4 is 5.32 Å². The van der Waals surface area contributed by atoms with Crippen molar-refractivity contribution in [3.63, 3.8) is 0 Å². The van der Waals surface area contributed by atoms with Gasteiger partial charge in [-0.25, -0.2) is 0 Å². The highest BCUT2D eigenvalue weighted by molar-refractivity contribution is 6.19. The zero-order valence-corrected chi connectivity index (χ0v) is 9.14. The number of rotatable bonds is 5. The van der Waals surface area contributed by atoms with E-state index in [9.17, 15) is 4.79 Å². The molecule has 78 valence electrons. The zero-order valence-electron chi connectivity index (χ0n) is 8.38. The summed E-state index contributed by atoms with van der Waals surface area (Å²) in [4.78, 5) is 11.3. The first-order valence-corrected chi connectivity index (χ1v) is 5.03. The molecule has 0 spiro atoms. The second-order valence-electron chi connectivity index (χ2n) is 3.51. The van der Waals surface area contributed by atoms with Gasteiger partial charge in [-0.1, -0.05) is 13.8 Å². The van der Waals surface area contributed by atoms with Crippen LogP contribution in [0.2, 0.25) is 0 Å². The summed E-state index contributed by atoms with van der Waals surface area (Å²) >= 11 is 5.53. The molecule has 0 heterocycles. The number of carbonyl (C=O) groups excluding carboxylic acids is 1. The third-order valence-electron chi connectivity index (χ3n) is 2.19. The van der Waals surface area contributed by atoms with Crippen molar-refractivity contribution in [2.75, 3.05) is 12.5 Å². The minimum Gasteiger partial charge on any atom is -0.396 e. The quantitative estimate of drug-likeness (QED) is 0.661. The Bertz CT molecular complexity index is 164. The van der Waals surface area contributed by atoms with Gasteiger partial charge in [-0.15, -0.1) is 11.6 Å². The molecule has 0 saturated carbocycles. The Morgan fingerprint density at radius 3 is 2.38 bits per heavy atom. The lowest BCUT2D eigenvalue weighted by molar-refractivity contribution is -0.124. The van der Waals surface area contributed by atoms with Crippen LogP contribution in [0.15, 0.2) is 0 Å². The molecule has 13 heavy (non-hydrogen) atoms. The second kappa shape index (κ2) is 6.22. The molecular weight excluding hydrogens is 190 g/mol. The highest BCUT2D eigenvalue weighted by Gasteiger charge is 2.17. The molecule has 0 radical (unpaired) electrons. The molecule has 0 aliphatic carbocycles. The zero-order chi connectivity index (χ0) is 10.4. The van der Waals surface area contributed by atoms with Gasteiger partial charge in [0.05, 0.1) is 0 Å². The Labute approximate surface area is 84.5 Å². The maximum Gasteiger partial charge on any atom is 0.224 e. The minimum absolute atomic E-state index is 0.0110. The van der Waals surface area contributed by atoms with Crippen LogP contribution in [0.3, 0.4) is 0 Å². The standard InChI is InChI=1S/C9H18ClNO2/c1-6(4-10)9(13)11-8(3)7(2)5-12/h6-8,12H,4-5H2,1-3H3,(H,11,13).